The number of rotatable bonds is 5. The number of piperidine rings is 1. The summed E-state index contributed by atoms with van der Waals surface area (Å²) in [4.78, 5) is 6.85. The zero-order chi connectivity index (χ0) is 16.7. The summed E-state index contributed by atoms with van der Waals surface area (Å²) in [6.07, 6.45) is 2.52. The van der Waals surface area contributed by atoms with Gasteiger partial charge in [0.2, 0.25) is 0 Å². The number of likely N-dealkylation sites (tertiary alicyclic amines) is 1. The van der Waals surface area contributed by atoms with Gasteiger partial charge in [-0.15, -0.1) is 24.0 Å². The lowest BCUT2D eigenvalue weighted by atomic mass is 9.96. The van der Waals surface area contributed by atoms with E-state index < -0.39 is 0 Å². The van der Waals surface area contributed by atoms with Crippen LogP contribution in [0.2, 0.25) is 0 Å². The van der Waals surface area contributed by atoms with Crippen LogP contribution in [0, 0.1) is 12.8 Å². The SMILES string of the molecule is CN=C(NCC1CCN(Cc2ccc(C)cc2)CC1)NC(C)C.I. The quantitative estimate of drug-likeness (QED) is 0.416. The highest BCUT2D eigenvalue weighted by atomic mass is 127. The van der Waals surface area contributed by atoms with Crippen molar-refractivity contribution in [3.8, 4) is 0 Å². The number of nitrogens with one attached hydrogen (secondary N) is 2. The Hall–Kier alpha value is -0.820. The standard InChI is InChI=1S/C19H32N4.HI/c1-15(2)22-19(20-4)21-13-17-9-11-23(12-10-17)14-18-7-5-16(3)6-8-18;/h5-8,15,17H,9-14H2,1-4H3,(H2,20,21,22);1H. The third kappa shape index (κ3) is 7.38. The van der Waals surface area contributed by atoms with E-state index in [4.69, 9.17) is 0 Å². The maximum Gasteiger partial charge on any atom is 0.191 e. The maximum absolute atomic E-state index is 4.27. The molecule has 0 spiro atoms. The molecule has 1 aliphatic rings. The van der Waals surface area contributed by atoms with Crippen molar-refractivity contribution in [3.05, 3.63) is 35.4 Å². The second-order valence-corrected chi connectivity index (χ2v) is 6.96. The summed E-state index contributed by atoms with van der Waals surface area (Å²) in [5.41, 5.74) is 2.76. The van der Waals surface area contributed by atoms with E-state index in [1.165, 1.54) is 37.1 Å². The summed E-state index contributed by atoms with van der Waals surface area (Å²) in [6.45, 7) is 10.9. The van der Waals surface area contributed by atoms with Gasteiger partial charge in [0.25, 0.3) is 0 Å². The van der Waals surface area contributed by atoms with Crippen molar-refractivity contribution in [2.75, 3.05) is 26.7 Å². The van der Waals surface area contributed by atoms with E-state index >= 15 is 0 Å². The van der Waals surface area contributed by atoms with Crippen molar-refractivity contribution in [1.82, 2.24) is 15.5 Å². The molecule has 1 heterocycles. The second-order valence-electron chi connectivity index (χ2n) is 6.96. The molecule has 2 N–H and O–H groups in total. The first-order chi connectivity index (χ1) is 11.1. The Morgan fingerprint density at radius 1 is 1.21 bits per heavy atom. The van der Waals surface area contributed by atoms with Gasteiger partial charge in [0.1, 0.15) is 0 Å². The average Bonchev–Trinajstić information content (AvgIpc) is 2.54. The zero-order valence-electron chi connectivity index (χ0n) is 15.5. The molecule has 0 bridgehead atoms. The topological polar surface area (TPSA) is 39.7 Å². The van der Waals surface area contributed by atoms with Crippen LogP contribution in [0.1, 0.15) is 37.8 Å². The Labute approximate surface area is 164 Å². The van der Waals surface area contributed by atoms with Gasteiger partial charge in [0.05, 0.1) is 0 Å². The van der Waals surface area contributed by atoms with Crippen LogP contribution < -0.4 is 10.6 Å². The number of guanidine groups is 1. The van der Waals surface area contributed by atoms with E-state index in [9.17, 15) is 0 Å². The van der Waals surface area contributed by atoms with Crippen molar-refractivity contribution in [1.29, 1.82) is 0 Å². The maximum atomic E-state index is 4.27. The van der Waals surface area contributed by atoms with Crippen LogP contribution in [0.25, 0.3) is 0 Å². The van der Waals surface area contributed by atoms with Gasteiger partial charge < -0.3 is 10.6 Å². The molecule has 1 aromatic carbocycles. The minimum absolute atomic E-state index is 0. The average molecular weight is 444 g/mol. The zero-order valence-corrected chi connectivity index (χ0v) is 17.8. The fourth-order valence-electron chi connectivity index (χ4n) is 3.01. The first-order valence-corrected chi connectivity index (χ1v) is 8.82. The van der Waals surface area contributed by atoms with Crippen LogP contribution in [0.15, 0.2) is 29.3 Å². The van der Waals surface area contributed by atoms with E-state index in [0.717, 1.165) is 25.0 Å². The minimum atomic E-state index is 0. The van der Waals surface area contributed by atoms with E-state index in [0.29, 0.717) is 6.04 Å². The molecule has 2 rings (SSSR count). The van der Waals surface area contributed by atoms with Crippen LogP contribution >= 0.6 is 24.0 Å². The van der Waals surface area contributed by atoms with Gasteiger partial charge in [0, 0.05) is 26.2 Å². The molecule has 0 amide bonds. The molecule has 136 valence electrons. The summed E-state index contributed by atoms with van der Waals surface area (Å²) < 4.78 is 0. The Morgan fingerprint density at radius 3 is 2.38 bits per heavy atom. The second kappa shape index (κ2) is 10.9. The Kier molecular flexibility index (Phi) is 9.66. The third-order valence-electron chi connectivity index (χ3n) is 4.44. The number of benzene rings is 1. The largest absolute Gasteiger partial charge is 0.356 e. The van der Waals surface area contributed by atoms with Gasteiger partial charge in [0.15, 0.2) is 5.96 Å². The van der Waals surface area contributed by atoms with E-state index in [-0.39, 0.29) is 24.0 Å². The molecular weight excluding hydrogens is 411 g/mol. The fourth-order valence-corrected chi connectivity index (χ4v) is 3.01. The highest BCUT2D eigenvalue weighted by Gasteiger charge is 2.19. The number of aliphatic imine (C=N–C) groups is 1. The Balaban J connectivity index is 0.00000288. The van der Waals surface area contributed by atoms with Crippen molar-refractivity contribution in [2.24, 2.45) is 10.9 Å². The monoisotopic (exact) mass is 444 g/mol. The van der Waals surface area contributed by atoms with Crippen LogP contribution in [0.5, 0.6) is 0 Å². The molecule has 1 aliphatic heterocycles. The van der Waals surface area contributed by atoms with Gasteiger partial charge in [-0.25, -0.2) is 0 Å². The number of aryl methyl sites for hydroxylation is 1. The summed E-state index contributed by atoms with van der Waals surface area (Å²) in [7, 11) is 1.84. The molecule has 24 heavy (non-hydrogen) atoms. The molecule has 0 aliphatic carbocycles. The molecule has 0 radical (unpaired) electrons. The molecule has 1 aromatic rings. The summed E-state index contributed by atoms with van der Waals surface area (Å²) in [6, 6.07) is 9.34. The number of hydrogen-bond donors (Lipinski definition) is 2. The van der Waals surface area contributed by atoms with E-state index in [2.05, 4.69) is 65.6 Å². The first-order valence-electron chi connectivity index (χ1n) is 8.82. The van der Waals surface area contributed by atoms with Crippen molar-refractivity contribution >= 4 is 29.9 Å². The van der Waals surface area contributed by atoms with Crippen molar-refractivity contribution in [2.45, 2.75) is 46.2 Å². The van der Waals surface area contributed by atoms with Crippen LogP contribution in [-0.4, -0.2) is 43.6 Å². The molecule has 0 unspecified atom stereocenters. The molecule has 5 heteroatoms. The lowest BCUT2D eigenvalue weighted by Gasteiger charge is -2.32. The van der Waals surface area contributed by atoms with Gasteiger partial charge in [-0.2, -0.15) is 0 Å². The van der Waals surface area contributed by atoms with Gasteiger partial charge in [-0.3, -0.25) is 9.89 Å². The predicted octanol–water partition coefficient (Wildman–Crippen LogP) is 3.40. The fraction of sp³-hybridized carbons (Fsp3) is 0.632. The van der Waals surface area contributed by atoms with Crippen LogP contribution in [0.4, 0.5) is 0 Å². The molecule has 1 saturated heterocycles. The van der Waals surface area contributed by atoms with Gasteiger partial charge in [-0.05, 0) is 58.2 Å². The van der Waals surface area contributed by atoms with Gasteiger partial charge >= 0.3 is 0 Å². The summed E-state index contributed by atoms with van der Waals surface area (Å²) in [5, 5.41) is 6.81. The first kappa shape index (κ1) is 21.2. The lowest BCUT2D eigenvalue weighted by molar-refractivity contribution is 0.178. The summed E-state index contributed by atoms with van der Waals surface area (Å²) in [5.74, 6) is 1.66. The van der Waals surface area contributed by atoms with E-state index in [1.54, 1.807) is 0 Å². The predicted molar refractivity (Wildman–Crippen MR) is 114 cm³/mol. The third-order valence-corrected chi connectivity index (χ3v) is 4.44. The molecule has 0 saturated carbocycles. The van der Waals surface area contributed by atoms with Crippen molar-refractivity contribution < 1.29 is 0 Å². The number of nitrogens with zero attached hydrogens (tertiary/aromatic N) is 2. The highest BCUT2D eigenvalue weighted by Crippen LogP contribution is 2.18. The number of halogens is 1. The van der Waals surface area contributed by atoms with Crippen LogP contribution in [-0.2, 0) is 6.54 Å². The Bertz CT molecular complexity index is 491. The summed E-state index contributed by atoms with van der Waals surface area (Å²) >= 11 is 0. The highest BCUT2D eigenvalue weighted by molar-refractivity contribution is 14.0. The minimum Gasteiger partial charge on any atom is -0.356 e. The molecular formula is C19H33IN4. The normalized spacial score (nSPS) is 16.8. The number of hydrogen-bond acceptors (Lipinski definition) is 2. The molecule has 4 nitrogen and oxygen atoms in total. The molecule has 0 aromatic heterocycles. The van der Waals surface area contributed by atoms with E-state index in [1.807, 2.05) is 7.05 Å². The lowest BCUT2D eigenvalue weighted by Crippen LogP contribution is -2.44. The van der Waals surface area contributed by atoms with Gasteiger partial charge in [-0.1, -0.05) is 29.8 Å². The Morgan fingerprint density at radius 2 is 1.83 bits per heavy atom. The van der Waals surface area contributed by atoms with Crippen molar-refractivity contribution in [3.63, 3.8) is 0 Å². The smallest absolute Gasteiger partial charge is 0.191 e. The van der Waals surface area contributed by atoms with Crippen LogP contribution in [0.3, 0.4) is 0 Å². The molecule has 1 fully saturated rings. The molecule has 0 atom stereocenters.